The van der Waals surface area contributed by atoms with E-state index in [0.717, 1.165) is 0 Å². The molecule has 1 rings (SSSR count). The van der Waals surface area contributed by atoms with E-state index in [1.807, 2.05) is 0 Å². The molecule has 0 saturated carbocycles. The van der Waals surface area contributed by atoms with Crippen molar-refractivity contribution in [2.75, 3.05) is 25.2 Å². The third-order valence-electron chi connectivity index (χ3n) is 2.30. The molecule has 1 fully saturated rings. The molecular weight excluding hydrogens is 240 g/mol. The Balaban J connectivity index is 2.51. The number of rotatable bonds is 5. The molecule has 0 aromatic carbocycles. The van der Waals surface area contributed by atoms with Crippen LogP contribution in [-0.2, 0) is 14.8 Å². The van der Waals surface area contributed by atoms with E-state index >= 15 is 0 Å². The molecule has 1 aliphatic heterocycles. The van der Waals surface area contributed by atoms with Gasteiger partial charge < -0.3 is 4.90 Å². The number of likely N-dealkylation sites (tertiary alicyclic amines) is 1. The third-order valence-corrected chi connectivity index (χ3v) is 4.03. The molecular formula is C8H15ClN2O3S. The Kier molecular flexibility index (Phi) is 4.36. The van der Waals surface area contributed by atoms with Gasteiger partial charge in [0, 0.05) is 19.5 Å². The number of sulfonamides is 1. The van der Waals surface area contributed by atoms with Gasteiger partial charge in [0.25, 0.3) is 0 Å². The number of nitrogens with zero attached hydrogens (tertiary/aromatic N) is 1. The van der Waals surface area contributed by atoms with Gasteiger partial charge in [0.1, 0.15) is 6.04 Å². The largest absolute Gasteiger partial charge is 0.344 e. The minimum absolute atomic E-state index is 0.0238. The second-order valence-electron chi connectivity index (χ2n) is 3.58. The van der Waals surface area contributed by atoms with E-state index in [1.165, 1.54) is 4.90 Å². The number of nitrogens with one attached hydrogen (secondary N) is 1. The highest BCUT2D eigenvalue weighted by Crippen LogP contribution is 2.09. The maximum absolute atomic E-state index is 11.5. The molecule has 1 heterocycles. The normalized spacial score (nSPS) is 22.4. The molecule has 5 nitrogen and oxygen atoms in total. The van der Waals surface area contributed by atoms with Gasteiger partial charge in [-0.15, -0.1) is 11.6 Å². The molecule has 1 unspecified atom stereocenters. The molecule has 0 bridgehead atoms. The Morgan fingerprint density at radius 2 is 2.27 bits per heavy atom. The second kappa shape index (κ2) is 5.14. The zero-order valence-corrected chi connectivity index (χ0v) is 10.1. The van der Waals surface area contributed by atoms with Gasteiger partial charge in [-0.3, -0.25) is 4.79 Å². The zero-order valence-electron chi connectivity index (χ0n) is 8.57. The molecule has 0 aromatic heterocycles. The Morgan fingerprint density at radius 1 is 1.60 bits per heavy atom. The topological polar surface area (TPSA) is 66.5 Å². The number of halogens is 1. The van der Waals surface area contributed by atoms with E-state index in [1.54, 1.807) is 7.05 Å². The van der Waals surface area contributed by atoms with Crippen molar-refractivity contribution in [2.24, 2.45) is 0 Å². The van der Waals surface area contributed by atoms with E-state index in [9.17, 15) is 13.2 Å². The van der Waals surface area contributed by atoms with Crippen LogP contribution in [0.25, 0.3) is 0 Å². The summed E-state index contributed by atoms with van der Waals surface area (Å²) >= 11 is 5.41. The summed E-state index contributed by atoms with van der Waals surface area (Å²) in [7, 11) is -1.70. The van der Waals surface area contributed by atoms with Crippen LogP contribution in [0, 0.1) is 0 Å². The van der Waals surface area contributed by atoms with Crippen LogP contribution in [0.5, 0.6) is 0 Å². The van der Waals surface area contributed by atoms with Gasteiger partial charge in [0.05, 0.1) is 5.75 Å². The van der Waals surface area contributed by atoms with E-state index in [0.29, 0.717) is 25.3 Å². The van der Waals surface area contributed by atoms with Gasteiger partial charge in [0.2, 0.25) is 15.9 Å². The van der Waals surface area contributed by atoms with Crippen LogP contribution in [0.3, 0.4) is 0 Å². The first kappa shape index (κ1) is 12.7. The fourth-order valence-electron chi connectivity index (χ4n) is 1.45. The molecule has 88 valence electrons. The molecule has 0 spiro atoms. The van der Waals surface area contributed by atoms with Crippen molar-refractivity contribution in [2.45, 2.75) is 18.9 Å². The number of alkyl halides is 1. The number of carbonyl (C=O) groups is 1. The van der Waals surface area contributed by atoms with Gasteiger partial charge in [-0.1, -0.05) is 0 Å². The van der Waals surface area contributed by atoms with Gasteiger partial charge in [-0.2, -0.15) is 0 Å². The predicted molar refractivity (Wildman–Crippen MR) is 58.3 cm³/mol. The molecule has 1 aliphatic rings. The van der Waals surface area contributed by atoms with Crippen molar-refractivity contribution in [3.63, 3.8) is 0 Å². The standard InChI is InChI=1S/C8H15ClN2O3S/c1-11-5-3-7(8(11)12)10-15(13,14)6-2-4-9/h7,10H,2-6H2,1H3. The van der Waals surface area contributed by atoms with Gasteiger partial charge in [-0.25, -0.2) is 13.1 Å². The summed E-state index contributed by atoms with van der Waals surface area (Å²) in [5.74, 6) is 0.119. The maximum atomic E-state index is 11.5. The smallest absolute Gasteiger partial charge is 0.240 e. The Hall–Kier alpha value is -0.330. The Morgan fingerprint density at radius 3 is 2.73 bits per heavy atom. The van der Waals surface area contributed by atoms with Crippen molar-refractivity contribution >= 4 is 27.5 Å². The number of hydrogen-bond acceptors (Lipinski definition) is 3. The van der Waals surface area contributed by atoms with Crippen LogP contribution >= 0.6 is 11.6 Å². The summed E-state index contributed by atoms with van der Waals surface area (Å²) in [5, 5.41) is 0. The average molecular weight is 255 g/mol. The van der Waals surface area contributed by atoms with Crippen molar-refractivity contribution in [3.8, 4) is 0 Å². The first-order chi connectivity index (χ1) is 6.96. The summed E-state index contributed by atoms with van der Waals surface area (Å²) in [6, 6.07) is -0.588. The fraction of sp³-hybridized carbons (Fsp3) is 0.875. The summed E-state index contributed by atoms with van der Waals surface area (Å²) in [4.78, 5) is 13.0. The average Bonchev–Trinajstić information content (AvgIpc) is 2.46. The molecule has 1 amide bonds. The Bertz CT molecular complexity index is 331. The molecule has 0 aliphatic carbocycles. The number of likely N-dealkylation sites (N-methyl/N-ethyl adjacent to an activating group) is 1. The van der Waals surface area contributed by atoms with Crippen LogP contribution < -0.4 is 4.72 Å². The van der Waals surface area contributed by atoms with Gasteiger partial charge >= 0.3 is 0 Å². The number of amides is 1. The van der Waals surface area contributed by atoms with Gasteiger partial charge in [0.15, 0.2) is 0 Å². The lowest BCUT2D eigenvalue weighted by molar-refractivity contribution is -0.127. The lowest BCUT2D eigenvalue weighted by Crippen LogP contribution is -2.41. The molecule has 7 heteroatoms. The summed E-state index contributed by atoms with van der Waals surface area (Å²) in [6.07, 6.45) is 0.934. The summed E-state index contributed by atoms with van der Waals surface area (Å²) < 4.78 is 25.3. The minimum atomic E-state index is -3.37. The number of hydrogen-bond donors (Lipinski definition) is 1. The molecule has 1 saturated heterocycles. The molecule has 0 aromatic rings. The van der Waals surface area contributed by atoms with Crippen LogP contribution in [0.4, 0.5) is 0 Å². The van der Waals surface area contributed by atoms with Crippen LogP contribution in [-0.4, -0.2) is 50.5 Å². The van der Waals surface area contributed by atoms with Crippen molar-refractivity contribution in [3.05, 3.63) is 0 Å². The van der Waals surface area contributed by atoms with E-state index in [4.69, 9.17) is 11.6 Å². The predicted octanol–water partition coefficient (Wildman–Crippen LogP) is -0.235. The molecule has 0 radical (unpaired) electrons. The third kappa shape index (κ3) is 3.62. The van der Waals surface area contributed by atoms with E-state index < -0.39 is 16.1 Å². The highest BCUT2D eigenvalue weighted by molar-refractivity contribution is 7.89. The molecule has 15 heavy (non-hydrogen) atoms. The monoisotopic (exact) mass is 254 g/mol. The zero-order chi connectivity index (χ0) is 11.5. The highest BCUT2D eigenvalue weighted by atomic mass is 35.5. The van der Waals surface area contributed by atoms with E-state index in [2.05, 4.69) is 4.72 Å². The first-order valence-electron chi connectivity index (χ1n) is 4.77. The van der Waals surface area contributed by atoms with Crippen LogP contribution in [0.2, 0.25) is 0 Å². The summed E-state index contributed by atoms with van der Waals surface area (Å²) in [5.41, 5.74) is 0. The van der Waals surface area contributed by atoms with Crippen molar-refractivity contribution in [1.29, 1.82) is 0 Å². The first-order valence-corrected chi connectivity index (χ1v) is 6.96. The molecule has 1 N–H and O–H groups in total. The quantitative estimate of drug-likeness (QED) is 0.689. The fourth-order valence-corrected chi connectivity index (χ4v) is 3.04. The minimum Gasteiger partial charge on any atom is -0.344 e. The van der Waals surface area contributed by atoms with Crippen LogP contribution in [0.15, 0.2) is 0 Å². The lowest BCUT2D eigenvalue weighted by atomic mass is 10.3. The van der Waals surface area contributed by atoms with Gasteiger partial charge in [-0.05, 0) is 12.8 Å². The number of carbonyl (C=O) groups excluding carboxylic acids is 1. The van der Waals surface area contributed by atoms with E-state index in [-0.39, 0.29) is 11.7 Å². The van der Waals surface area contributed by atoms with Crippen molar-refractivity contribution < 1.29 is 13.2 Å². The Labute approximate surface area is 94.8 Å². The maximum Gasteiger partial charge on any atom is 0.240 e. The lowest BCUT2D eigenvalue weighted by Gasteiger charge is -2.12. The van der Waals surface area contributed by atoms with Crippen LogP contribution in [0.1, 0.15) is 12.8 Å². The van der Waals surface area contributed by atoms with Crippen molar-refractivity contribution in [1.82, 2.24) is 9.62 Å². The second-order valence-corrected chi connectivity index (χ2v) is 5.83. The molecule has 1 atom stereocenters. The highest BCUT2D eigenvalue weighted by Gasteiger charge is 2.31. The summed E-state index contributed by atoms with van der Waals surface area (Å²) in [6.45, 7) is 0.599. The SMILES string of the molecule is CN1CCC(NS(=O)(=O)CCCCl)C1=O.